The van der Waals surface area contributed by atoms with Gasteiger partial charge in [-0.25, -0.2) is 0 Å². The molecule has 1 heteroatoms. The molecule has 0 radical (unpaired) electrons. The van der Waals surface area contributed by atoms with Crippen LogP contribution in [0.15, 0.2) is 30.3 Å². The van der Waals surface area contributed by atoms with Gasteiger partial charge >= 0.3 is 0 Å². The van der Waals surface area contributed by atoms with Crippen LogP contribution in [-0.4, -0.2) is 6.04 Å². The Morgan fingerprint density at radius 3 is 2.55 bits per heavy atom. The van der Waals surface area contributed by atoms with E-state index in [1.165, 1.54) is 12.0 Å². The fourth-order valence-electron chi connectivity index (χ4n) is 1.52. The summed E-state index contributed by atoms with van der Waals surface area (Å²) < 4.78 is 0. The SMILES string of the molecule is CC[C@@H]1N[C@H]1c1ccccc1. The second-order valence-corrected chi connectivity index (χ2v) is 3.07. The number of hydrogen-bond acceptors (Lipinski definition) is 1. The van der Waals surface area contributed by atoms with Crippen molar-refractivity contribution in [3.05, 3.63) is 35.9 Å². The Bertz CT molecular complexity index is 230. The van der Waals surface area contributed by atoms with E-state index in [1.54, 1.807) is 0 Å². The zero-order valence-corrected chi connectivity index (χ0v) is 6.75. The maximum atomic E-state index is 3.43. The summed E-state index contributed by atoms with van der Waals surface area (Å²) in [5.74, 6) is 0. The molecule has 1 nitrogen and oxygen atoms in total. The van der Waals surface area contributed by atoms with Crippen molar-refractivity contribution in [2.75, 3.05) is 0 Å². The fourth-order valence-corrected chi connectivity index (χ4v) is 1.52. The van der Waals surface area contributed by atoms with E-state index in [2.05, 4.69) is 42.6 Å². The zero-order chi connectivity index (χ0) is 7.68. The van der Waals surface area contributed by atoms with Crippen LogP contribution in [0.3, 0.4) is 0 Å². The van der Waals surface area contributed by atoms with Gasteiger partial charge in [-0.05, 0) is 12.0 Å². The molecule has 1 fully saturated rings. The van der Waals surface area contributed by atoms with E-state index in [4.69, 9.17) is 0 Å². The molecule has 1 aromatic rings. The van der Waals surface area contributed by atoms with Gasteiger partial charge in [0.15, 0.2) is 0 Å². The van der Waals surface area contributed by atoms with Gasteiger partial charge in [-0.1, -0.05) is 37.3 Å². The first-order chi connectivity index (χ1) is 5.42. The second kappa shape index (κ2) is 2.67. The molecule has 0 spiro atoms. The summed E-state index contributed by atoms with van der Waals surface area (Å²) in [6.45, 7) is 2.22. The van der Waals surface area contributed by atoms with E-state index < -0.39 is 0 Å². The van der Waals surface area contributed by atoms with E-state index in [1.807, 2.05) is 0 Å². The van der Waals surface area contributed by atoms with Crippen LogP contribution in [0.1, 0.15) is 24.9 Å². The van der Waals surface area contributed by atoms with E-state index in [9.17, 15) is 0 Å². The quantitative estimate of drug-likeness (QED) is 0.636. The Balaban J connectivity index is 2.09. The molecule has 2 rings (SSSR count). The van der Waals surface area contributed by atoms with Crippen molar-refractivity contribution in [1.29, 1.82) is 0 Å². The molecule has 0 amide bonds. The monoisotopic (exact) mass is 147 g/mol. The average molecular weight is 147 g/mol. The highest BCUT2D eigenvalue weighted by molar-refractivity contribution is 5.25. The zero-order valence-electron chi connectivity index (χ0n) is 6.75. The molecule has 0 saturated carbocycles. The maximum Gasteiger partial charge on any atom is 0.0478 e. The van der Waals surface area contributed by atoms with Crippen LogP contribution in [0.5, 0.6) is 0 Å². The van der Waals surface area contributed by atoms with Gasteiger partial charge in [-0.3, -0.25) is 0 Å². The first kappa shape index (κ1) is 6.86. The highest BCUT2D eigenvalue weighted by Crippen LogP contribution is 2.30. The van der Waals surface area contributed by atoms with Gasteiger partial charge in [0.25, 0.3) is 0 Å². The molecular formula is C10H13N. The predicted octanol–water partition coefficient (Wildman–Crippen LogP) is 2.11. The number of rotatable bonds is 2. The summed E-state index contributed by atoms with van der Waals surface area (Å²) in [5, 5.41) is 3.43. The summed E-state index contributed by atoms with van der Waals surface area (Å²) in [6.07, 6.45) is 1.24. The van der Waals surface area contributed by atoms with E-state index in [-0.39, 0.29) is 0 Å². The van der Waals surface area contributed by atoms with Gasteiger partial charge in [-0.2, -0.15) is 0 Å². The molecule has 0 aromatic heterocycles. The van der Waals surface area contributed by atoms with E-state index >= 15 is 0 Å². The predicted molar refractivity (Wildman–Crippen MR) is 46.4 cm³/mol. The first-order valence-electron chi connectivity index (χ1n) is 4.23. The Morgan fingerprint density at radius 2 is 2.00 bits per heavy atom. The van der Waals surface area contributed by atoms with Gasteiger partial charge in [0, 0.05) is 12.1 Å². The molecule has 1 aliphatic rings. The summed E-state index contributed by atoms with van der Waals surface area (Å²) in [4.78, 5) is 0. The first-order valence-corrected chi connectivity index (χ1v) is 4.23. The largest absolute Gasteiger partial charge is 0.304 e. The third-order valence-electron chi connectivity index (χ3n) is 2.29. The van der Waals surface area contributed by atoms with Crippen molar-refractivity contribution < 1.29 is 0 Å². The topological polar surface area (TPSA) is 21.9 Å². The van der Waals surface area contributed by atoms with Crippen molar-refractivity contribution >= 4 is 0 Å². The molecular weight excluding hydrogens is 134 g/mol. The molecule has 11 heavy (non-hydrogen) atoms. The minimum atomic E-state index is 0.640. The Labute approximate surface area is 67.4 Å². The van der Waals surface area contributed by atoms with Crippen LogP contribution >= 0.6 is 0 Å². The fraction of sp³-hybridized carbons (Fsp3) is 0.400. The summed E-state index contributed by atoms with van der Waals surface area (Å²) in [5.41, 5.74) is 1.43. The van der Waals surface area contributed by atoms with Gasteiger partial charge < -0.3 is 5.32 Å². The minimum absolute atomic E-state index is 0.640. The molecule has 1 aliphatic heterocycles. The molecule has 1 aromatic carbocycles. The molecule has 0 unspecified atom stereocenters. The van der Waals surface area contributed by atoms with Gasteiger partial charge in [0.05, 0.1) is 0 Å². The molecule has 1 heterocycles. The highest BCUT2D eigenvalue weighted by atomic mass is 15.1. The molecule has 58 valence electrons. The van der Waals surface area contributed by atoms with Crippen LogP contribution in [0.2, 0.25) is 0 Å². The van der Waals surface area contributed by atoms with Gasteiger partial charge in [0.2, 0.25) is 0 Å². The Morgan fingerprint density at radius 1 is 1.27 bits per heavy atom. The van der Waals surface area contributed by atoms with E-state index in [0.29, 0.717) is 6.04 Å². The number of benzene rings is 1. The average Bonchev–Trinajstić information content (AvgIpc) is 2.85. The van der Waals surface area contributed by atoms with E-state index in [0.717, 1.165) is 6.04 Å². The molecule has 1 saturated heterocycles. The third kappa shape index (κ3) is 1.29. The molecule has 1 N–H and O–H groups in total. The lowest BCUT2D eigenvalue weighted by atomic mass is 10.1. The van der Waals surface area contributed by atoms with Crippen LogP contribution < -0.4 is 5.32 Å². The molecule has 0 aliphatic carbocycles. The molecule has 2 atom stereocenters. The lowest BCUT2D eigenvalue weighted by Crippen LogP contribution is -1.84. The van der Waals surface area contributed by atoms with Gasteiger partial charge in [-0.15, -0.1) is 0 Å². The maximum absolute atomic E-state index is 3.43. The standard InChI is InChI=1S/C10H13N/c1-2-9-10(11-9)8-6-4-3-5-7-8/h3-7,9-11H,2H2,1H3/t9-,10-/m0/s1. The number of hydrogen-bond donors (Lipinski definition) is 1. The van der Waals surface area contributed by atoms with Crippen molar-refractivity contribution in [2.24, 2.45) is 0 Å². The van der Waals surface area contributed by atoms with Crippen molar-refractivity contribution in [1.82, 2.24) is 5.32 Å². The van der Waals surface area contributed by atoms with Crippen molar-refractivity contribution in [2.45, 2.75) is 25.4 Å². The normalized spacial score (nSPS) is 28.5. The van der Waals surface area contributed by atoms with Crippen molar-refractivity contribution in [3.8, 4) is 0 Å². The molecule has 0 bridgehead atoms. The Hall–Kier alpha value is -0.820. The minimum Gasteiger partial charge on any atom is -0.304 e. The number of nitrogens with one attached hydrogen (secondary N) is 1. The lowest BCUT2D eigenvalue weighted by molar-refractivity contribution is 0.868. The summed E-state index contributed by atoms with van der Waals surface area (Å²) >= 11 is 0. The lowest BCUT2D eigenvalue weighted by Gasteiger charge is -1.94. The Kier molecular flexibility index (Phi) is 1.66. The van der Waals surface area contributed by atoms with Crippen LogP contribution in [0.4, 0.5) is 0 Å². The smallest absolute Gasteiger partial charge is 0.0478 e. The second-order valence-electron chi connectivity index (χ2n) is 3.07. The highest BCUT2D eigenvalue weighted by Gasteiger charge is 2.34. The van der Waals surface area contributed by atoms with Crippen molar-refractivity contribution in [3.63, 3.8) is 0 Å². The summed E-state index contributed by atoms with van der Waals surface area (Å²) in [7, 11) is 0. The van der Waals surface area contributed by atoms with Crippen LogP contribution in [0, 0.1) is 0 Å². The van der Waals surface area contributed by atoms with Gasteiger partial charge in [0.1, 0.15) is 0 Å². The van der Waals surface area contributed by atoms with Crippen LogP contribution in [-0.2, 0) is 0 Å². The summed E-state index contributed by atoms with van der Waals surface area (Å²) in [6, 6.07) is 12.0. The third-order valence-corrected chi connectivity index (χ3v) is 2.29. The van der Waals surface area contributed by atoms with Crippen LogP contribution in [0.25, 0.3) is 0 Å².